The molecule has 1 N–H and O–H groups in total. The van der Waals surface area contributed by atoms with Crippen LogP contribution in [0.3, 0.4) is 0 Å². The lowest BCUT2D eigenvalue weighted by Gasteiger charge is -2.35. The summed E-state index contributed by atoms with van der Waals surface area (Å²) in [7, 11) is 1.90. The molecule has 0 aliphatic heterocycles. The van der Waals surface area contributed by atoms with Crippen LogP contribution in [-0.2, 0) is 4.74 Å². The standard InChI is InChI=1S/C10H18F3NO/c1-14-7-8-5-9(6-8)15-4-2-3-10(11,12)13/h8-9,14H,2-7H2,1H3. The second kappa shape index (κ2) is 5.70. The zero-order valence-corrected chi connectivity index (χ0v) is 8.94. The summed E-state index contributed by atoms with van der Waals surface area (Å²) in [5.74, 6) is 0.641. The number of halogens is 3. The average Bonchev–Trinajstić information content (AvgIpc) is 2.05. The van der Waals surface area contributed by atoms with E-state index < -0.39 is 12.6 Å². The summed E-state index contributed by atoms with van der Waals surface area (Å²) < 4.78 is 40.6. The fourth-order valence-electron chi connectivity index (χ4n) is 1.79. The molecule has 1 aliphatic carbocycles. The van der Waals surface area contributed by atoms with Crippen molar-refractivity contribution in [3.63, 3.8) is 0 Å². The van der Waals surface area contributed by atoms with Crippen LogP contribution in [0.25, 0.3) is 0 Å². The van der Waals surface area contributed by atoms with Gasteiger partial charge >= 0.3 is 6.18 Å². The van der Waals surface area contributed by atoms with Crippen molar-refractivity contribution in [3.05, 3.63) is 0 Å². The lowest BCUT2D eigenvalue weighted by atomic mass is 9.82. The zero-order valence-electron chi connectivity index (χ0n) is 8.94. The third-order valence-electron chi connectivity index (χ3n) is 2.64. The molecule has 1 aliphatic rings. The van der Waals surface area contributed by atoms with E-state index in [1.807, 2.05) is 7.05 Å². The lowest BCUT2D eigenvalue weighted by Crippen LogP contribution is -2.37. The Labute approximate surface area is 88.2 Å². The van der Waals surface area contributed by atoms with Gasteiger partial charge in [0, 0.05) is 13.0 Å². The largest absolute Gasteiger partial charge is 0.389 e. The Morgan fingerprint density at radius 2 is 2.00 bits per heavy atom. The molecular formula is C10H18F3NO. The first-order valence-corrected chi connectivity index (χ1v) is 5.34. The average molecular weight is 225 g/mol. The van der Waals surface area contributed by atoms with Crippen LogP contribution in [0.4, 0.5) is 13.2 Å². The van der Waals surface area contributed by atoms with Gasteiger partial charge in [0.15, 0.2) is 0 Å². The first-order valence-electron chi connectivity index (χ1n) is 5.34. The minimum absolute atomic E-state index is 0.0801. The van der Waals surface area contributed by atoms with Crippen LogP contribution in [0.1, 0.15) is 25.7 Å². The Hall–Kier alpha value is -0.290. The maximum atomic E-state index is 11.8. The zero-order chi connectivity index (χ0) is 11.3. The summed E-state index contributed by atoms with van der Waals surface area (Å²) in [6, 6.07) is 0. The maximum absolute atomic E-state index is 11.8. The highest BCUT2D eigenvalue weighted by Crippen LogP contribution is 2.30. The Kier molecular flexibility index (Phi) is 4.86. The van der Waals surface area contributed by atoms with Crippen molar-refractivity contribution in [1.82, 2.24) is 5.32 Å². The van der Waals surface area contributed by atoms with Crippen molar-refractivity contribution in [2.24, 2.45) is 5.92 Å². The van der Waals surface area contributed by atoms with Gasteiger partial charge in [0.1, 0.15) is 0 Å². The van der Waals surface area contributed by atoms with E-state index in [1.54, 1.807) is 0 Å². The number of nitrogens with one attached hydrogen (secondary N) is 1. The number of hydrogen-bond donors (Lipinski definition) is 1. The molecular weight excluding hydrogens is 207 g/mol. The molecule has 0 aromatic rings. The molecule has 0 amide bonds. The van der Waals surface area contributed by atoms with Crippen LogP contribution in [0.2, 0.25) is 0 Å². The van der Waals surface area contributed by atoms with Gasteiger partial charge in [0.25, 0.3) is 0 Å². The van der Waals surface area contributed by atoms with Crippen LogP contribution in [-0.4, -0.2) is 32.5 Å². The molecule has 2 nitrogen and oxygen atoms in total. The molecule has 90 valence electrons. The van der Waals surface area contributed by atoms with Crippen molar-refractivity contribution in [2.45, 2.75) is 38.0 Å². The van der Waals surface area contributed by atoms with Crippen LogP contribution < -0.4 is 5.32 Å². The molecule has 1 saturated carbocycles. The van der Waals surface area contributed by atoms with E-state index in [2.05, 4.69) is 5.32 Å². The molecule has 1 fully saturated rings. The van der Waals surface area contributed by atoms with Gasteiger partial charge in [-0.05, 0) is 38.8 Å². The first-order chi connectivity index (χ1) is 7.01. The molecule has 0 unspecified atom stereocenters. The molecule has 0 atom stereocenters. The van der Waals surface area contributed by atoms with E-state index in [0.29, 0.717) is 5.92 Å². The van der Waals surface area contributed by atoms with E-state index >= 15 is 0 Å². The van der Waals surface area contributed by atoms with Crippen molar-refractivity contribution < 1.29 is 17.9 Å². The summed E-state index contributed by atoms with van der Waals surface area (Å²) >= 11 is 0. The highest BCUT2D eigenvalue weighted by Gasteiger charge is 2.30. The highest BCUT2D eigenvalue weighted by molar-refractivity contribution is 4.81. The predicted octanol–water partition coefficient (Wildman–Crippen LogP) is 2.34. The maximum Gasteiger partial charge on any atom is 0.389 e. The summed E-state index contributed by atoms with van der Waals surface area (Å²) in [6.07, 6.45) is -2.55. The predicted molar refractivity (Wildman–Crippen MR) is 51.7 cm³/mol. The van der Waals surface area contributed by atoms with E-state index in [9.17, 15) is 13.2 Å². The van der Waals surface area contributed by atoms with Gasteiger partial charge in [0.2, 0.25) is 0 Å². The Balaban J connectivity index is 1.91. The lowest BCUT2D eigenvalue weighted by molar-refractivity contribution is -0.140. The number of alkyl halides is 3. The summed E-state index contributed by atoms with van der Waals surface area (Å²) in [5, 5.41) is 3.07. The van der Waals surface area contributed by atoms with Crippen LogP contribution >= 0.6 is 0 Å². The molecule has 0 aromatic heterocycles. The quantitative estimate of drug-likeness (QED) is 0.700. The smallest absolute Gasteiger partial charge is 0.378 e. The van der Waals surface area contributed by atoms with Crippen LogP contribution in [0.5, 0.6) is 0 Å². The van der Waals surface area contributed by atoms with E-state index in [-0.39, 0.29) is 19.1 Å². The van der Waals surface area contributed by atoms with Gasteiger partial charge in [-0.15, -0.1) is 0 Å². The Morgan fingerprint density at radius 3 is 2.53 bits per heavy atom. The molecule has 0 saturated heterocycles. The van der Waals surface area contributed by atoms with E-state index in [4.69, 9.17) is 4.74 Å². The van der Waals surface area contributed by atoms with Crippen molar-refractivity contribution in [3.8, 4) is 0 Å². The molecule has 0 aromatic carbocycles. The van der Waals surface area contributed by atoms with Crippen molar-refractivity contribution >= 4 is 0 Å². The summed E-state index contributed by atoms with van der Waals surface area (Å²) in [4.78, 5) is 0. The van der Waals surface area contributed by atoms with Gasteiger partial charge in [0.05, 0.1) is 6.10 Å². The molecule has 0 radical (unpaired) electrons. The SMILES string of the molecule is CNCC1CC(OCCCC(F)(F)F)C1. The number of ether oxygens (including phenoxy) is 1. The molecule has 15 heavy (non-hydrogen) atoms. The molecule has 0 spiro atoms. The van der Waals surface area contributed by atoms with Gasteiger partial charge in [-0.25, -0.2) is 0 Å². The fourth-order valence-corrected chi connectivity index (χ4v) is 1.79. The normalized spacial score (nSPS) is 26.4. The van der Waals surface area contributed by atoms with Crippen molar-refractivity contribution in [1.29, 1.82) is 0 Å². The molecule has 0 heterocycles. The minimum atomic E-state index is -4.04. The third-order valence-corrected chi connectivity index (χ3v) is 2.64. The fraction of sp³-hybridized carbons (Fsp3) is 1.00. The summed E-state index contributed by atoms with van der Waals surface area (Å²) in [5.41, 5.74) is 0. The van der Waals surface area contributed by atoms with Gasteiger partial charge < -0.3 is 10.1 Å². The van der Waals surface area contributed by atoms with Crippen molar-refractivity contribution in [2.75, 3.05) is 20.2 Å². The second-order valence-electron chi connectivity index (χ2n) is 4.11. The number of rotatable bonds is 6. The van der Waals surface area contributed by atoms with Gasteiger partial charge in [-0.3, -0.25) is 0 Å². The topological polar surface area (TPSA) is 21.3 Å². The van der Waals surface area contributed by atoms with E-state index in [1.165, 1.54) is 0 Å². The summed E-state index contributed by atoms with van der Waals surface area (Å²) in [6.45, 7) is 1.21. The van der Waals surface area contributed by atoms with Gasteiger partial charge in [-0.1, -0.05) is 0 Å². The third kappa shape index (κ3) is 5.37. The monoisotopic (exact) mass is 225 g/mol. The number of hydrogen-bond acceptors (Lipinski definition) is 2. The second-order valence-corrected chi connectivity index (χ2v) is 4.11. The van der Waals surface area contributed by atoms with Crippen LogP contribution in [0.15, 0.2) is 0 Å². The van der Waals surface area contributed by atoms with E-state index in [0.717, 1.165) is 19.4 Å². The van der Waals surface area contributed by atoms with Gasteiger partial charge in [-0.2, -0.15) is 13.2 Å². The molecule has 0 bridgehead atoms. The Morgan fingerprint density at radius 1 is 1.33 bits per heavy atom. The van der Waals surface area contributed by atoms with Crippen LogP contribution in [0, 0.1) is 5.92 Å². The first kappa shape index (κ1) is 12.8. The minimum Gasteiger partial charge on any atom is -0.378 e. The highest BCUT2D eigenvalue weighted by atomic mass is 19.4. The Bertz CT molecular complexity index is 178. The molecule has 1 rings (SSSR count). The molecule has 5 heteroatoms.